The maximum Gasteiger partial charge on any atom is 0.328 e. The van der Waals surface area contributed by atoms with E-state index >= 15 is 0 Å². The van der Waals surface area contributed by atoms with Gasteiger partial charge in [0, 0.05) is 0 Å². The lowest BCUT2D eigenvalue weighted by atomic mass is 9.88. The van der Waals surface area contributed by atoms with Crippen LogP contribution in [-0.4, -0.2) is 25.8 Å². The Bertz CT molecular complexity index is 352. The highest BCUT2D eigenvalue weighted by Crippen LogP contribution is 2.27. The van der Waals surface area contributed by atoms with Gasteiger partial charge in [-0.3, -0.25) is 0 Å². The maximum absolute atomic E-state index is 11.1. The molecule has 0 saturated heterocycles. The fourth-order valence-corrected chi connectivity index (χ4v) is 1.39. The fourth-order valence-electron chi connectivity index (χ4n) is 1.39. The van der Waals surface area contributed by atoms with Crippen molar-refractivity contribution in [1.82, 2.24) is 14.8 Å². The van der Waals surface area contributed by atoms with Crippen molar-refractivity contribution >= 4 is 5.97 Å². The quantitative estimate of drug-likeness (QED) is 0.825. The molecule has 1 rings (SSSR count). The zero-order valence-corrected chi connectivity index (χ0v) is 9.56. The molecule has 5 nitrogen and oxygen atoms in total. The number of aromatic nitrogens is 3. The summed E-state index contributed by atoms with van der Waals surface area (Å²) in [5, 5.41) is 13.2. The van der Waals surface area contributed by atoms with Crippen molar-refractivity contribution in [3.63, 3.8) is 0 Å². The first-order chi connectivity index (χ1) is 6.79. The molecule has 0 radical (unpaired) electrons. The molecular weight excluding hydrogens is 194 g/mol. The fraction of sp³-hybridized carbons (Fsp3) is 0.700. The Labute approximate surface area is 89.1 Å². The summed E-state index contributed by atoms with van der Waals surface area (Å²) in [6, 6.07) is -0.633. The van der Waals surface area contributed by atoms with Crippen molar-refractivity contribution in [2.45, 2.75) is 40.2 Å². The zero-order valence-electron chi connectivity index (χ0n) is 9.56. The van der Waals surface area contributed by atoms with Gasteiger partial charge in [0.2, 0.25) is 0 Å². The van der Waals surface area contributed by atoms with Crippen LogP contribution >= 0.6 is 0 Å². The molecule has 1 N–H and O–H groups in total. The lowest BCUT2D eigenvalue weighted by Crippen LogP contribution is -2.25. The van der Waals surface area contributed by atoms with E-state index in [4.69, 9.17) is 5.11 Å². The van der Waals surface area contributed by atoms with Gasteiger partial charge in [0.15, 0.2) is 6.04 Å². The molecule has 0 spiro atoms. The van der Waals surface area contributed by atoms with E-state index in [0.29, 0.717) is 12.2 Å². The summed E-state index contributed by atoms with van der Waals surface area (Å²) in [5.74, 6) is -0.273. The number of hydrogen-bond donors (Lipinski definition) is 1. The van der Waals surface area contributed by atoms with Gasteiger partial charge in [0.25, 0.3) is 0 Å². The average Bonchev–Trinajstić information content (AvgIpc) is 2.45. The third kappa shape index (κ3) is 3.34. The Balaban J connectivity index is 2.89. The lowest BCUT2D eigenvalue weighted by molar-refractivity contribution is -0.142. The Morgan fingerprint density at radius 1 is 1.60 bits per heavy atom. The van der Waals surface area contributed by atoms with Gasteiger partial charge in [-0.1, -0.05) is 20.8 Å². The highest BCUT2D eigenvalue weighted by molar-refractivity contribution is 5.71. The Morgan fingerprint density at radius 2 is 2.20 bits per heavy atom. The van der Waals surface area contributed by atoms with E-state index in [1.807, 2.05) is 20.8 Å². The van der Waals surface area contributed by atoms with Crippen LogP contribution < -0.4 is 0 Å². The first-order valence-corrected chi connectivity index (χ1v) is 4.90. The largest absolute Gasteiger partial charge is 0.480 e. The van der Waals surface area contributed by atoms with E-state index in [1.54, 1.807) is 6.92 Å². The van der Waals surface area contributed by atoms with Crippen molar-refractivity contribution in [3.05, 3.63) is 12.2 Å². The molecule has 0 saturated carbocycles. The average molecular weight is 211 g/mol. The van der Waals surface area contributed by atoms with E-state index in [0.717, 1.165) is 0 Å². The topological polar surface area (TPSA) is 68.0 Å². The normalized spacial score (nSPS) is 13.9. The summed E-state index contributed by atoms with van der Waals surface area (Å²) < 4.78 is 1.42. The van der Waals surface area contributed by atoms with Crippen LogP contribution in [0.4, 0.5) is 0 Å². The summed E-state index contributed by atoms with van der Waals surface area (Å²) in [7, 11) is 0. The van der Waals surface area contributed by atoms with Gasteiger partial charge in [-0.2, -0.15) is 5.10 Å². The van der Waals surface area contributed by atoms with Crippen LogP contribution in [0.15, 0.2) is 6.33 Å². The molecule has 15 heavy (non-hydrogen) atoms. The predicted octanol–water partition coefficient (Wildman–Crippen LogP) is 1.65. The first-order valence-electron chi connectivity index (χ1n) is 4.90. The Hall–Kier alpha value is -1.39. The van der Waals surface area contributed by atoms with Crippen LogP contribution in [0.1, 0.15) is 39.1 Å². The maximum atomic E-state index is 11.1. The number of carboxylic acids is 1. The molecule has 1 unspecified atom stereocenters. The summed E-state index contributed by atoms with van der Waals surface area (Å²) in [5.41, 5.74) is -0.0527. The van der Waals surface area contributed by atoms with E-state index in [1.165, 1.54) is 11.0 Å². The van der Waals surface area contributed by atoms with Crippen LogP contribution in [0, 0.1) is 12.3 Å². The lowest BCUT2D eigenvalue weighted by Gasteiger charge is -2.22. The van der Waals surface area contributed by atoms with Crippen molar-refractivity contribution in [1.29, 1.82) is 0 Å². The SMILES string of the molecule is Cc1ncn(C(CC(C)(C)C)C(=O)O)n1. The molecule has 1 aromatic heterocycles. The second kappa shape index (κ2) is 4.00. The summed E-state index contributed by atoms with van der Waals surface area (Å²) in [6.07, 6.45) is 2.00. The van der Waals surface area contributed by atoms with Gasteiger partial charge in [-0.15, -0.1) is 0 Å². The third-order valence-electron chi connectivity index (χ3n) is 2.03. The number of carbonyl (C=O) groups is 1. The van der Waals surface area contributed by atoms with Crippen molar-refractivity contribution in [2.24, 2.45) is 5.41 Å². The van der Waals surface area contributed by atoms with Crippen LogP contribution in [0.25, 0.3) is 0 Å². The van der Waals surface area contributed by atoms with Gasteiger partial charge in [-0.05, 0) is 18.8 Å². The minimum absolute atomic E-state index is 0.0527. The van der Waals surface area contributed by atoms with Gasteiger partial charge in [0.05, 0.1) is 0 Å². The first kappa shape index (κ1) is 11.7. The van der Waals surface area contributed by atoms with Crippen LogP contribution in [0.3, 0.4) is 0 Å². The molecule has 0 amide bonds. The molecule has 0 aliphatic rings. The van der Waals surface area contributed by atoms with E-state index < -0.39 is 12.0 Å². The second-order valence-electron chi connectivity index (χ2n) is 4.89. The monoisotopic (exact) mass is 211 g/mol. The number of carboxylic acid groups (broad SMARTS) is 1. The summed E-state index contributed by atoms with van der Waals surface area (Å²) in [6.45, 7) is 7.76. The second-order valence-corrected chi connectivity index (χ2v) is 4.89. The van der Waals surface area contributed by atoms with Crippen molar-refractivity contribution in [3.8, 4) is 0 Å². The number of aryl methyl sites for hydroxylation is 1. The van der Waals surface area contributed by atoms with E-state index in [2.05, 4.69) is 10.1 Å². The number of rotatable bonds is 3. The van der Waals surface area contributed by atoms with Gasteiger partial charge >= 0.3 is 5.97 Å². The molecule has 0 fully saturated rings. The Kier molecular flexibility index (Phi) is 3.12. The molecule has 0 bridgehead atoms. The molecule has 0 aromatic carbocycles. The summed E-state index contributed by atoms with van der Waals surface area (Å²) >= 11 is 0. The zero-order chi connectivity index (χ0) is 11.6. The highest BCUT2D eigenvalue weighted by atomic mass is 16.4. The van der Waals surface area contributed by atoms with Gasteiger partial charge in [-0.25, -0.2) is 14.5 Å². The Morgan fingerprint density at radius 3 is 2.53 bits per heavy atom. The van der Waals surface area contributed by atoms with Gasteiger partial charge in [0.1, 0.15) is 12.2 Å². The number of hydrogen-bond acceptors (Lipinski definition) is 3. The molecule has 5 heteroatoms. The molecular formula is C10H17N3O2. The predicted molar refractivity (Wildman–Crippen MR) is 55.5 cm³/mol. The van der Waals surface area contributed by atoms with Crippen LogP contribution in [0.5, 0.6) is 0 Å². The molecule has 0 aliphatic carbocycles. The molecule has 0 aliphatic heterocycles. The van der Waals surface area contributed by atoms with Crippen molar-refractivity contribution in [2.75, 3.05) is 0 Å². The molecule has 1 atom stereocenters. The van der Waals surface area contributed by atoms with Crippen LogP contribution in [0.2, 0.25) is 0 Å². The molecule has 1 aromatic rings. The smallest absolute Gasteiger partial charge is 0.328 e. The van der Waals surface area contributed by atoms with E-state index in [-0.39, 0.29) is 5.41 Å². The number of aliphatic carboxylic acids is 1. The standard InChI is InChI=1S/C10H17N3O2/c1-7-11-6-13(12-7)8(9(14)15)5-10(2,3)4/h6,8H,5H2,1-4H3,(H,14,15). The molecule has 84 valence electrons. The van der Waals surface area contributed by atoms with E-state index in [9.17, 15) is 4.79 Å². The summed E-state index contributed by atoms with van der Waals surface area (Å²) in [4.78, 5) is 15.0. The minimum atomic E-state index is -0.866. The highest BCUT2D eigenvalue weighted by Gasteiger charge is 2.26. The van der Waals surface area contributed by atoms with Crippen LogP contribution in [-0.2, 0) is 4.79 Å². The molecule has 1 heterocycles. The number of nitrogens with zero attached hydrogens (tertiary/aromatic N) is 3. The minimum Gasteiger partial charge on any atom is -0.480 e. The van der Waals surface area contributed by atoms with Gasteiger partial charge < -0.3 is 5.11 Å². The van der Waals surface area contributed by atoms with Crippen molar-refractivity contribution < 1.29 is 9.90 Å². The third-order valence-corrected chi connectivity index (χ3v) is 2.03.